The summed E-state index contributed by atoms with van der Waals surface area (Å²) in [6.07, 6.45) is -14.1. The second kappa shape index (κ2) is 8.52. The van der Waals surface area contributed by atoms with E-state index in [1.54, 1.807) is 0 Å². The van der Waals surface area contributed by atoms with E-state index in [0.717, 1.165) is 31.3 Å². The molecule has 4 rings (SSSR count). The van der Waals surface area contributed by atoms with Gasteiger partial charge in [0.15, 0.2) is 24.2 Å². The third kappa shape index (κ3) is 4.43. The Bertz CT molecular complexity index is 1180. The van der Waals surface area contributed by atoms with Gasteiger partial charge in [0.2, 0.25) is 12.1 Å². The van der Waals surface area contributed by atoms with Crippen LogP contribution in [-0.4, -0.2) is 61.7 Å². The average molecular weight is 491 g/mol. The van der Waals surface area contributed by atoms with Gasteiger partial charge in [-0.05, 0) is 18.8 Å². The van der Waals surface area contributed by atoms with E-state index in [2.05, 4.69) is 14.7 Å². The maximum Gasteiger partial charge on any atom is 0.428 e. The molecule has 0 bridgehead atoms. The topological polar surface area (TPSA) is 141 Å². The Morgan fingerprint density at radius 2 is 1.97 bits per heavy atom. The van der Waals surface area contributed by atoms with Gasteiger partial charge in [-0.15, -0.1) is 0 Å². The Morgan fingerprint density at radius 3 is 2.53 bits per heavy atom. The SMILES string of the molecule is CC(=O)OC1C(F)C([C@@H](OC(C)=O)C(F)(F)F)OC1n1c(=O)n(CC2CC2)c2cnc(N)nc21. The molecule has 2 fully saturated rings. The van der Waals surface area contributed by atoms with E-state index in [9.17, 15) is 27.6 Å². The van der Waals surface area contributed by atoms with Crippen molar-refractivity contribution in [3.63, 3.8) is 0 Å². The number of aromatic nitrogens is 4. The van der Waals surface area contributed by atoms with Crippen LogP contribution in [0, 0.1) is 5.92 Å². The summed E-state index contributed by atoms with van der Waals surface area (Å²) < 4.78 is 72.8. The van der Waals surface area contributed by atoms with Crippen LogP contribution < -0.4 is 11.4 Å². The van der Waals surface area contributed by atoms with Crippen LogP contribution in [0.1, 0.15) is 32.9 Å². The van der Waals surface area contributed by atoms with E-state index >= 15 is 4.39 Å². The number of halogens is 4. The summed E-state index contributed by atoms with van der Waals surface area (Å²) in [5.74, 6) is -2.41. The van der Waals surface area contributed by atoms with Crippen LogP contribution in [-0.2, 0) is 30.3 Å². The van der Waals surface area contributed by atoms with Gasteiger partial charge in [0.1, 0.15) is 11.6 Å². The van der Waals surface area contributed by atoms with Crippen LogP contribution in [0.2, 0.25) is 0 Å². The number of hydrogen-bond acceptors (Lipinski definition) is 9. The molecule has 2 aromatic heterocycles. The lowest BCUT2D eigenvalue weighted by Crippen LogP contribution is -2.47. The molecule has 0 amide bonds. The molecule has 1 aliphatic heterocycles. The zero-order valence-corrected chi connectivity index (χ0v) is 18.0. The zero-order valence-electron chi connectivity index (χ0n) is 18.0. The minimum absolute atomic E-state index is 0.135. The molecule has 0 spiro atoms. The predicted octanol–water partition coefficient (Wildman–Crippen LogP) is 1.25. The Labute approximate surface area is 188 Å². The van der Waals surface area contributed by atoms with Gasteiger partial charge in [-0.1, -0.05) is 0 Å². The molecule has 11 nitrogen and oxygen atoms in total. The molecule has 15 heteroatoms. The van der Waals surface area contributed by atoms with Crippen molar-refractivity contribution in [3.8, 4) is 0 Å². The first kappa shape index (κ1) is 23.9. The number of ether oxygens (including phenoxy) is 3. The van der Waals surface area contributed by atoms with Gasteiger partial charge in [-0.3, -0.25) is 14.2 Å². The minimum atomic E-state index is -5.21. The zero-order chi connectivity index (χ0) is 24.9. The highest BCUT2D eigenvalue weighted by Crippen LogP contribution is 2.41. The van der Waals surface area contributed by atoms with Crippen LogP contribution in [0.25, 0.3) is 11.2 Å². The van der Waals surface area contributed by atoms with Crippen molar-refractivity contribution in [2.24, 2.45) is 5.92 Å². The molecular weight excluding hydrogens is 470 g/mol. The van der Waals surface area contributed by atoms with Gasteiger partial charge in [0, 0.05) is 20.4 Å². The molecular formula is C19H21F4N5O6. The monoisotopic (exact) mass is 491 g/mol. The summed E-state index contributed by atoms with van der Waals surface area (Å²) in [4.78, 5) is 44.1. The number of carbonyl (C=O) groups excluding carboxylic acids is 2. The van der Waals surface area contributed by atoms with E-state index < -0.39 is 54.5 Å². The average Bonchev–Trinajstić information content (AvgIpc) is 3.44. The first-order valence-electron chi connectivity index (χ1n) is 10.3. The number of fused-ring (bicyclic) bond motifs is 1. The van der Waals surface area contributed by atoms with Crippen LogP contribution in [0.3, 0.4) is 0 Å². The molecule has 4 unspecified atom stereocenters. The first-order chi connectivity index (χ1) is 15.9. The minimum Gasteiger partial charge on any atom is -0.454 e. The maximum atomic E-state index is 15.3. The smallest absolute Gasteiger partial charge is 0.428 e. The maximum absolute atomic E-state index is 15.3. The molecule has 1 saturated carbocycles. The summed E-state index contributed by atoms with van der Waals surface area (Å²) >= 11 is 0. The van der Waals surface area contributed by atoms with E-state index in [1.165, 1.54) is 10.8 Å². The third-order valence-corrected chi connectivity index (χ3v) is 5.54. The molecule has 1 saturated heterocycles. The number of rotatable bonds is 6. The highest BCUT2D eigenvalue weighted by molar-refractivity contribution is 5.72. The molecule has 186 valence electrons. The van der Waals surface area contributed by atoms with Crippen molar-refractivity contribution in [2.45, 2.75) is 70.1 Å². The van der Waals surface area contributed by atoms with Gasteiger partial charge in [0.25, 0.3) is 0 Å². The van der Waals surface area contributed by atoms with Crippen LogP contribution in [0.15, 0.2) is 11.0 Å². The molecule has 1 aliphatic carbocycles. The lowest BCUT2D eigenvalue weighted by Gasteiger charge is -2.26. The van der Waals surface area contributed by atoms with Crippen LogP contribution in [0.4, 0.5) is 23.5 Å². The number of carbonyl (C=O) groups is 2. The Kier molecular flexibility index (Phi) is 5.99. The fourth-order valence-corrected chi connectivity index (χ4v) is 3.95. The highest BCUT2D eigenvalue weighted by Gasteiger charge is 2.60. The quantitative estimate of drug-likeness (QED) is 0.467. The molecule has 2 aromatic rings. The summed E-state index contributed by atoms with van der Waals surface area (Å²) in [5, 5.41) is 0. The molecule has 2 aliphatic rings. The van der Waals surface area contributed by atoms with Gasteiger partial charge < -0.3 is 19.9 Å². The molecule has 5 atom stereocenters. The lowest BCUT2D eigenvalue weighted by molar-refractivity contribution is -0.252. The van der Waals surface area contributed by atoms with Crippen molar-refractivity contribution in [2.75, 3.05) is 5.73 Å². The van der Waals surface area contributed by atoms with Gasteiger partial charge >= 0.3 is 23.8 Å². The fourth-order valence-electron chi connectivity index (χ4n) is 3.95. The number of alkyl halides is 4. The van der Waals surface area contributed by atoms with Crippen molar-refractivity contribution in [1.82, 2.24) is 19.1 Å². The van der Waals surface area contributed by atoms with Crippen LogP contribution >= 0.6 is 0 Å². The largest absolute Gasteiger partial charge is 0.454 e. The van der Waals surface area contributed by atoms with Crippen molar-refractivity contribution in [3.05, 3.63) is 16.7 Å². The van der Waals surface area contributed by atoms with Gasteiger partial charge in [-0.2, -0.15) is 18.2 Å². The second-order valence-corrected chi connectivity index (χ2v) is 8.22. The number of nitrogens with zero attached hydrogens (tertiary/aromatic N) is 4. The van der Waals surface area contributed by atoms with Gasteiger partial charge in [0.05, 0.1) is 6.20 Å². The van der Waals surface area contributed by atoms with Crippen LogP contribution in [0.5, 0.6) is 0 Å². The fraction of sp³-hybridized carbons (Fsp3) is 0.632. The first-order valence-corrected chi connectivity index (χ1v) is 10.3. The Balaban J connectivity index is 1.84. The van der Waals surface area contributed by atoms with Gasteiger partial charge in [-0.25, -0.2) is 18.7 Å². The summed E-state index contributed by atoms with van der Waals surface area (Å²) in [5.41, 5.74) is 4.92. The van der Waals surface area contributed by atoms with Crippen molar-refractivity contribution < 1.29 is 41.4 Å². The van der Waals surface area contributed by atoms with E-state index in [1.807, 2.05) is 0 Å². The highest BCUT2D eigenvalue weighted by atomic mass is 19.4. The summed E-state index contributed by atoms with van der Waals surface area (Å²) in [6, 6.07) is 0. The normalized spacial score (nSPS) is 25.9. The molecule has 2 N–H and O–H groups in total. The number of esters is 2. The number of anilines is 1. The number of imidazole rings is 1. The molecule has 0 radical (unpaired) electrons. The Morgan fingerprint density at radius 1 is 1.29 bits per heavy atom. The second-order valence-electron chi connectivity index (χ2n) is 8.22. The molecule has 0 aromatic carbocycles. The predicted molar refractivity (Wildman–Crippen MR) is 105 cm³/mol. The number of nitrogen functional groups attached to an aromatic ring is 1. The van der Waals surface area contributed by atoms with E-state index in [0.29, 0.717) is 0 Å². The molecule has 34 heavy (non-hydrogen) atoms. The van der Waals surface area contributed by atoms with E-state index in [4.69, 9.17) is 15.2 Å². The number of hydrogen-bond donors (Lipinski definition) is 1. The van der Waals surface area contributed by atoms with Crippen molar-refractivity contribution in [1.29, 1.82) is 0 Å². The lowest BCUT2D eigenvalue weighted by atomic mass is 10.1. The third-order valence-electron chi connectivity index (χ3n) is 5.54. The summed E-state index contributed by atoms with van der Waals surface area (Å²) in [7, 11) is 0. The molecule has 3 heterocycles. The van der Waals surface area contributed by atoms with Crippen molar-refractivity contribution >= 4 is 29.1 Å². The Hall–Kier alpha value is -3.23. The van der Waals surface area contributed by atoms with E-state index in [-0.39, 0.29) is 29.6 Å². The summed E-state index contributed by atoms with van der Waals surface area (Å²) in [6.45, 7) is 1.91. The number of nitrogens with two attached hydrogens (primary N) is 1. The standard InChI is InChI=1S/C19H21F4N5O6/c1-7(29)32-13-11(20)12(14(19(21,22)23)33-8(2)30)34-16(13)28-15-10(5-25-17(24)26-15)27(18(28)31)6-9-3-4-9/h5,9,11-14,16H,3-4,6H2,1-2H3,(H2,24,25,26)/t11?,12?,13?,14-,16?/m1/s1.